The van der Waals surface area contributed by atoms with Gasteiger partial charge < -0.3 is 9.73 Å². The molecular weight excluding hydrogens is 417 g/mol. The van der Waals surface area contributed by atoms with Crippen molar-refractivity contribution in [1.82, 2.24) is 5.32 Å². The molecule has 1 heterocycles. The minimum absolute atomic E-state index is 0.0936. The van der Waals surface area contributed by atoms with Crippen molar-refractivity contribution >= 4 is 38.5 Å². The zero-order valence-electron chi connectivity index (χ0n) is 11.0. The number of furan rings is 1. The second kappa shape index (κ2) is 6.90. The van der Waals surface area contributed by atoms with Gasteiger partial charge in [0.1, 0.15) is 5.76 Å². The lowest BCUT2D eigenvalue weighted by Crippen LogP contribution is -2.24. The van der Waals surface area contributed by atoms with Crippen LogP contribution in [0.3, 0.4) is 0 Å². The molecule has 1 N–H and O–H groups in total. The number of benzene rings is 1. The first-order valence-corrected chi connectivity index (χ1v) is 8.23. The summed E-state index contributed by atoms with van der Waals surface area (Å²) < 4.78 is 7.96. The Morgan fingerprint density at radius 2 is 2.16 bits per heavy atom. The fraction of sp³-hybridized carbons (Fsp3) is 0.333. The molecule has 19 heavy (non-hydrogen) atoms. The summed E-state index contributed by atoms with van der Waals surface area (Å²) in [5.41, 5.74) is 2.56. The summed E-state index contributed by atoms with van der Waals surface area (Å²) in [7, 11) is 0. The summed E-state index contributed by atoms with van der Waals surface area (Å²) in [6.45, 7) is 5.27. The lowest BCUT2D eigenvalue weighted by Gasteiger charge is -2.19. The van der Waals surface area contributed by atoms with E-state index >= 15 is 0 Å². The van der Waals surface area contributed by atoms with Crippen LogP contribution in [-0.2, 0) is 0 Å². The normalized spacial score (nSPS) is 12.6. The molecule has 0 aliphatic heterocycles. The van der Waals surface area contributed by atoms with E-state index in [0.717, 1.165) is 23.2 Å². The van der Waals surface area contributed by atoms with Gasteiger partial charge in [-0.3, -0.25) is 0 Å². The fourth-order valence-corrected chi connectivity index (χ4v) is 3.14. The van der Waals surface area contributed by atoms with E-state index in [1.54, 1.807) is 6.26 Å². The molecule has 2 rings (SSSR count). The van der Waals surface area contributed by atoms with Crippen molar-refractivity contribution in [3.05, 3.63) is 55.5 Å². The summed E-state index contributed by atoms with van der Waals surface area (Å²) >= 11 is 5.97. The van der Waals surface area contributed by atoms with Crippen LogP contribution in [0.5, 0.6) is 0 Å². The third kappa shape index (κ3) is 3.41. The predicted molar refractivity (Wildman–Crippen MR) is 90.4 cm³/mol. The van der Waals surface area contributed by atoms with Gasteiger partial charge in [0.15, 0.2) is 0 Å². The van der Waals surface area contributed by atoms with E-state index in [9.17, 15) is 0 Å². The molecule has 102 valence electrons. The van der Waals surface area contributed by atoms with Crippen molar-refractivity contribution in [2.24, 2.45) is 0 Å². The number of aryl methyl sites for hydroxylation is 1. The lowest BCUT2D eigenvalue weighted by atomic mass is 10.0. The molecule has 1 aromatic heterocycles. The summed E-state index contributed by atoms with van der Waals surface area (Å²) in [4.78, 5) is 0. The molecule has 0 fully saturated rings. The summed E-state index contributed by atoms with van der Waals surface area (Å²) in [6.07, 6.45) is 2.82. The molecule has 1 unspecified atom stereocenters. The molecule has 1 aromatic carbocycles. The van der Waals surface area contributed by atoms with Crippen molar-refractivity contribution in [3.63, 3.8) is 0 Å². The highest BCUT2D eigenvalue weighted by molar-refractivity contribution is 14.1. The van der Waals surface area contributed by atoms with Crippen LogP contribution in [0.2, 0.25) is 0 Å². The monoisotopic (exact) mass is 433 g/mol. The van der Waals surface area contributed by atoms with Gasteiger partial charge in [-0.1, -0.05) is 25.1 Å². The van der Waals surface area contributed by atoms with Gasteiger partial charge >= 0.3 is 0 Å². The van der Waals surface area contributed by atoms with Crippen LogP contribution >= 0.6 is 38.5 Å². The summed E-state index contributed by atoms with van der Waals surface area (Å²) in [5.74, 6) is 0.942. The first-order chi connectivity index (χ1) is 9.15. The van der Waals surface area contributed by atoms with Crippen LogP contribution in [0.25, 0.3) is 0 Å². The van der Waals surface area contributed by atoms with Crippen LogP contribution < -0.4 is 5.32 Å². The zero-order valence-corrected chi connectivity index (χ0v) is 14.8. The largest absolute Gasteiger partial charge is 0.466 e. The van der Waals surface area contributed by atoms with Gasteiger partial charge in [-0.05, 0) is 75.6 Å². The molecule has 1 atom stereocenters. The predicted octanol–water partition coefficient (Wildman–Crippen LogP) is 5.04. The maximum atomic E-state index is 5.66. The molecule has 0 aliphatic rings. The number of hydrogen-bond donors (Lipinski definition) is 1. The Hall–Kier alpha value is -0.330. The van der Waals surface area contributed by atoms with Gasteiger partial charge in [0.05, 0.1) is 16.8 Å². The Morgan fingerprint density at radius 3 is 2.79 bits per heavy atom. The highest BCUT2D eigenvalue weighted by Gasteiger charge is 2.21. The van der Waals surface area contributed by atoms with Crippen molar-refractivity contribution in [1.29, 1.82) is 0 Å². The molecule has 0 amide bonds. The van der Waals surface area contributed by atoms with Crippen molar-refractivity contribution in [2.75, 3.05) is 6.54 Å². The van der Waals surface area contributed by atoms with Crippen LogP contribution in [0.15, 0.2) is 39.4 Å². The van der Waals surface area contributed by atoms with E-state index in [0.29, 0.717) is 0 Å². The van der Waals surface area contributed by atoms with Gasteiger partial charge in [-0.15, -0.1) is 0 Å². The first kappa shape index (κ1) is 15.1. The molecule has 4 heteroatoms. The molecule has 2 nitrogen and oxygen atoms in total. The topological polar surface area (TPSA) is 25.2 Å². The third-order valence-corrected chi connectivity index (χ3v) is 5.17. The Bertz CT molecular complexity index is 553. The number of nitrogens with one attached hydrogen (secondary N) is 1. The standard InChI is InChI=1S/C15H17BrINO/c1-3-8-18-14(15-12(16)7-9-19-15)11-6-4-5-10(2)13(11)17/h4-7,9,14,18H,3,8H2,1-2H3. The molecule has 0 bridgehead atoms. The van der Waals surface area contributed by atoms with Crippen molar-refractivity contribution in [2.45, 2.75) is 26.3 Å². The van der Waals surface area contributed by atoms with Crippen molar-refractivity contribution in [3.8, 4) is 0 Å². The van der Waals surface area contributed by atoms with Crippen molar-refractivity contribution < 1.29 is 4.42 Å². The van der Waals surface area contributed by atoms with E-state index in [1.807, 2.05) is 6.07 Å². The minimum atomic E-state index is 0.0936. The van der Waals surface area contributed by atoms with Gasteiger partial charge in [-0.25, -0.2) is 0 Å². The minimum Gasteiger partial charge on any atom is -0.466 e. The Kier molecular flexibility index (Phi) is 5.47. The summed E-state index contributed by atoms with van der Waals surface area (Å²) in [5, 5.41) is 3.57. The van der Waals surface area contributed by atoms with Crippen LogP contribution in [0.4, 0.5) is 0 Å². The smallest absolute Gasteiger partial charge is 0.139 e. The molecule has 0 saturated heterocycles. The van der Waals surface area contributed by atoms with Gasteiger partial charge in [0, 0.05) is 3.57 Å². The number of rotatable bonds is 5. The average molecular weight is 434 g/mol. The molecule has 0 aliphatic carbocycles. The van der Waals surface area contributed by atoms with Gasteiger partial charge in [0.25, 0.3) is 0 Å². The maximum Gasteiger partial charge on any atom is 0.139 e. The van der Waals surface area contributed by atoms with E-state index in [1.165, 1.54) is 14.7 Å². The van der Waals surface area contributed by atoms with E-state index in [-0.39, 0.29) is 6.04 Å². The average Bonchev–Trinajstić information content (AvgIpc) is 2.81. The molecule has 0 saturated carbocycles. The second-order valence-electron chi connectivity index (χ2n) is 4.50. The fourth-order valence-electron chi connectivity index (χ4n) is 2.04. The highest BCUT2D eigenvalue weighted by Crippen LogP contribution is 2.32. The lowest BCUT2D eigenvalue weighted by molar-refractivity contribution is 0.443. The van der Waals surface area contributed by atoms with Gasteiger partial charge in [-0.2, -0.15) is 0 Å². The van der Waals surface area contributed by atoms with Gasteiger partial charge in [0.2, 0.25) is 0 Å². The second-order valence-corrected chi connectivity index (χ2v) is 6.43. The number of halogens is 2. The van der Waals surface area contributed by atoms with Crippen LogP contribution in [0.1, 0.15) is 36.3 Å². The first-order valence-electron chi connectivity index (χ1n) is 6.36. The summed E-state index contributed by atoms with van der Waals surface area (Å²) in [6, 6.07) is 8.44. The third-order valence-electron chi connectivity index (χ3n) is 3.04. The quantitative estimate of drug-likeness (QED) is 0.668. The number of hydrogen-bond acceptors (Lipinski definition) is 2. The Labute approximate surface area is 136 Å². The molecule has 2 aromatic rings. The zero-order chi connectivity index (χ0) is 13.8. The van der Waals surface area contributed by atoms with Crippen LogP contribution in [0, 0.1) is 10.5 Å². The molecule has 0 spiro atoms. The maximum absolute atomic E-state index is 5.66. The van der Waals surface area contributed by atoms with E-state index < -0.39 is 0 Å². The Balaban J connectivity index is 2.43. The van der Waals surface area contributed by atoms with E-state index in [2.05, 4.69) is 75.9 Å². The molecule has 0 radical (unpaired) electrons. The van der Waals surface area contributed by atoms with E-state index in [4.69, 9.17) is 4.42 Å². The SMILES string of the molecule is CCCNC(c1cccc(C)c1I)c1occc1Br. The van der Waals surface area contributed by atoms with Crippen LogP contribution in [-0.4, -0.2) is 6.54 Å². The molecular formula is C15H17BrINO. The Morgan fingerprint density at radius 1 is 1.37 bits per heavy atom. The highest BCUT2D eigenvalue weighted by atomic mass is 127.